The fourth-order valence-electron chi connectivity index (χ4n) is 3.72. The van der Waals surface area contributed by atoms with Crippen molar-refractivity contribution < 1.29 is 4.79 Å². The maximum atomic E-state index is 12.9. The average molecular weight is 392 g/mol. The summed E-state index contributed by atoms with van der Waals surface area (Å²) in [5.41, 5.74) is 6.36. The number of carbonyl (C=O) groups excluding carboxylic acids is 1. The van der Waals surface area contributed by atoms with Crippen LogP contribution in [0, 0.1) is 6.92 Å². The minimum atomic E-state index is -0.0749. The third-order valence-electron chi connectivity index (χ3n) is 5.21. The second-order valence-corrected chi connectivity index (χ2v) is 8.50. The maximum absolute atomic E-state index is 12.9. The van der Waals surface area contributed by atoms with Crippen LogP contribution in [0.15, 0.2) is 53.4 Å². The van der Waals surface area contributed by atoms with Crippen LogP contribution in [0.25, 0.3) is 11.3 Å². The zero-order valence-electron chi connectivity index (χ0n) is 16.5. The Kier molecular flexibility index (Phi) is 5.27. The Labute approximate surface area is 170 Å². The molecular weight excluding hydrogens is 366 g/mol. The predicted molar refractivity (Wildman–Crippen MR) is 115 cm³/mol. The standard InChI is InChI=1S/C23H25N3OS/c1-15-9-12-20-18(13-15)22-19(14-28-20)21(25-26(22)3)23(27)24-16(2)10-11-17-7-5-4-6-8-17/h4-9,12-13,16H,10-11,14H2,1-3H3,(H,24,27)/t16-/m0/s1. The number of amides is 1. The number of hydrogen-bond acceptors (Lipinski definition) is 3. The number of nitrogens with one attached hydrogen (secondary N) is 1. The van der Waals surface area contributed by atoms with E-state index in [1.165, 1.54) is 21.6 Å². The first kappa shape index (κ1) is 18.8. The molecule has 0 aliphatic carbocycles. The van der Waals surface area contributed by atoms with Crippen molar-refractivity contribution in [3.05, 3.63) is 70.9 Å². The Balaban J connectivity index is 1.51. The largest absolute Gasteiger partial charge is 0.348 e. The summed E-state index contributed by atoms with van der Waals surface area (Å²) in [5.74, 6) is 0.703. The second kappa shape index (κ2) is 7.84. The third kappa shape index (κ3) is 3.72. The lowest BCUT2D eigenvalue weighted by Gasteiger charge is -2.18. The Morgan fingerprint density at radius 2 is 2.04 bits per heavy atom. The summed E-state index contributed by atoms with van der Waals surface area (Å²) in [5, 5.41) is 7.72. The number of hydrogen-bond donors (Lipinski definition) is 1. The van der Waals surface area contributed by atoms with Gasteiger partial charge in [0.2, 0.25) is 0 Å². The van der Waals surface area contributed by atoms with Crippen LogP contribution in [-0.2, 0) is 19.2 Å². The van der Waals surface area contributed by atoms with Crippen LogP contribution >= 0.6 is 11.8 Å². The van der Waals surface area contributed by atoms with Gasteiger partial charge in [-0.05, 0) is 44.4 Å². The van der Waals surface area contributed by atoms with Crippen molar-refractivity contribution >= 4 is 17.7 Å². The Morgan fingerprint density at radius 3 is 2.82 bits per heavy atom. The van der Waals surface area contributed by atoms with E-state index >= 15 is 0 Å². The van der Waals surface area contributed by atoms with Gasteiger partial charge in [0.15, 0.2) is 5.69 Å². The number of thioether (sulfide) groups is 1. The highest BCUT2D eigenvalue weighted by Crippen LogP contribution is 2.42. The Hall–Kier alpha value is -2.53. The number of benzene rings is 2. The van der Waals surface area contributed by atoms with Gasteiger partial charge in [-0.1, -0.05) is 42.0 Å². The molecule has 1 aromatic heterocycles. The van der Waals surface area contributed by atoms with Gasteiger partial charge in [0, 0.05) is 34.9 Å². The molecule has 5 heteroatoms. The van der Waals surface area contributed by atoms with Crippen LogP contribution in [-0.4, -0.2) is 21.7 Å². The Bertz CT molecular complexity index is 1010. The van der Waals surface area contributed by atoms with Gasteiger partial charge < -0.3 is 5.32 Å². The highest BCUT2D eigenvalue weighted by Gasteiger charge is 2.28. The molecule has 3 aromatic rings. The highest BCUT2D eigenvalue weighted by atomic mass is 32.2. The topological polar surface area (TPSA) is 46.9 Å². The van der Waals surface area contributed by atoms with Gasteiger partial charge in [0.25, 0.3) is 5.91 Å². The van der Waals surface area contributed by atoms with Crippen LogP contribution in [0.5, 0.6) is 0 Å². The lowest BCUT2D eigenvalue weighted by atomic mass is 10.0. The molecule has 144 valence electrons. The zero-order chi connectivity index (χ0) is 19.7. The number of aromatic nitrogens is 2. The fraction of sp³-hybridized carbons (Fsp3) is 0.304. The summed E-state index contributed by atoms with van der Waals surface area (Å²) in [6.45, 7) is 4.15. The maximum Gasteiger partial charge on any atom is 0.272 e. The number of carbonyl (C=O) groups is 1. The molecule has 2 heterocycles. The summed E-state index contributed by atoms with van der Waals surface area (Å²) >= 11 is 1.78. The van der Waals surface area contributed by atoms with Crippen LogP contribution < -0.4 is 5.32 Å². The predicted octanol–water partition coefficient (Wildman–Crippen LogP) is 4.75. The quantitative estimate of drug-likeness (QED) is 0.683. The van der Waals surface area contributed by atoms with Crippen LogP contribution in [0.2, 0.25) is 0 Å². The molecular formula is C23H25N3OS. The van der Waals surface area contributed by atoms with Crippen molar-refractivity contribution in [2.24, 2.45) is 7.05 Å². The van der Waals surface area contributed by atoms with E-state index in [4.69, 9.17) is 0 Å². The van der Waals surface area contributed by atoms with Crippen molar-refractivity contribution in [3.63, 3.8) is 0 Å². The van der Waals surface area contributed by atoms with Crippen molar-refractivity contribution in [1.29, 1.82) is 0 Å². The van der Waals surface area contributed by atoms with Gasteiger partial charge in [-0.25, -0.2) is 0 Å². The summed E-state index contributed by atoms with van der Waals surface area (Å²) in [4.78, 5) is 14.2. The van der Waals surface area contributed by atoms with E-state index in [0.717, 1.165) is 29.9 Å². The lowest BCUT2D eigenvalue weighted by Crippen LogP contribution is -2.33. The minimum Gasteiger partial charge on any atom is -0.348 e. The molecule has 0 saturated heterocycles. The SMILES string of the molecule is Cc1ccc2c(c1)-c1c(c(C(=O)N[C@@H](C)CCc3ccccc3)nn1C)CS2. The van der Waals surface area contributed by atoms with Crippen molar-refractivity contribution in [1.82, 2.24) is 15.1 Å². The smallest absolute Gasteiger partial charge is 0.272 e. The van der Waals surface area contributed by atoms with Crippen LogP contribution in [0.3, 0.4) is 0 Å². The summed E-state index contributed by atoms with van der Waals surface area (Å²) in [6.07, 6.45) is 1.85. The average Bonchev–Trinajstić information content (AvgIpc) is 3.04. The highest BCUT2D eigenvalue weighted by molar-refractivity contribution is 7.98. The van der Waals surface area contributed by atoms with E-state index in [1.54, 1.807) is 11.8 Å². The summed E-state index contributed by atoms with van der Waals surface area (Å²) in [7, 11) is 1.93. The fourth-order valence-corrected chi connectivity index (χ4v) is 4.77. The van der Waals surface area contributed by atoms with Crippen molar-refractivity contribution in [2.45, 2.75) is 43.4 Å². The molecule has 0 saturated carbocycles. The van der Waals surface area contributed by atoms with Gasteiger partial charge in [-0.2, -0.15) is 5.10 Å². The molecule has 2 aromatic carbocycles. The van der Waals surface area contributed by atoms with Crippen molar-refractivity contribution in [3.8, 4) is 11.3 Å². The summed E-state index contributed by atoms with van der Waals surface area (Å²) < 4.78 is 1.86. The molecule has 4 rings (SSSR count). The molecule has 28 heavy (non-hydrogen) atoms. The minimum absolute atomic E-state index is 0.0749. The molecule has 0 bridgehead atoms. The third-order valence-corrected chi connectivity index (χ3v) is 6.31. The van der Waals surface area contributed by atoms with Crippen LogP contribution in [0.4, 0.5) is 0 Å². The van der Waals surface area contributed by atoms with E-state index in [2.05, 4.69) is 66.7 Å². The van der Waals surface area contributed by atoms with Crippen LogP contribution in [0.1, 0.15) is 40.5 Å². The first-order valence-electron chi connectivity index (χ1n) is 9.67. The second-order valence-electron chi connectivity index (χ2n) is 7.49. The first-order chi connectivity index (χ1) is 13.5. The summed E-state index contributed by atoms with van der Waals surface area (Å²) in [6, 6.07) is 17.0. The molecule has 1 amide bonds. The van der Waals surface area contributed by atoms with E-state index in [-0.39, 0.29) is 11.9 Å². The number of rotatable bonds is 5. The van der Waals surface area contributed by atoms with Gasteiger partial charge in [-0.15, -0.1) is 11.8 Å². The number of aryl methyl sites for hydroxylation is 3. The molecule has 0 radical (unpaired) electrons. The van der Waals surface area contributed by atoms with Gasteiger partial charge in [-0.3, -0.25) is 9.48 Å². The van der Waals surface area contributed by atoms with Gasteiger partial charge >= 0.3 is 0 Å². The van der Waals surface area contributed by atoms with E-state index < -0.39 is 0 Å². The van der Waals surface area contributed by atoms with Crippen molar-refractivity contribution in [2.75, 3.05) is 0 Å². The first-order valence-corrected chi connectivity index (χ1v) is 10.7. The molecule has 0 spiro atoms. The molecule has 4 nitrogen and oxygen atoms in total. The molecule has 0 fully saturated rings. The zero-order valence-corrected chi connectivity index (χ0v) is 17.3. The number of fused-ring (bicyclic) bond motifs is 3. The van der Waals surface area contributed by atoms with E-state index in [0.29, 0.717) is 5.69 Å². The monoisotopic (exact) mass is 391 g/mol. The number of nitrogens with zero attached hydrogens (tertiary/aromatic N) is 2. The van der Waals surface area contributed by atoms with Gasteiger partial charge in [0.1, 0.15) is 0 Å². The lowest BCUT2D eigenvalue weighted by molar-refractivity contribution is 0.0932. The molecule has 1 N–H and O–H groups in total. The normalized spacial score (nSPS) is 13.5. The van der Waals surface area contributed by atoms with E-state index in [9.17, 15) is 4.79 Å². The molecule has 0 unspecified atom stereocenters. The molecule has 1 atom stereocenters. The molecule has 1 aliphatic rings. The Morgan fingerprint density at radius 1 is 1.25 bits per heavy atom. The van der Waals surface area contributed by atoms with E-state index in [1.807, 2.05) is 17.8 Å². The van der Waals surface area contributed by atoms with Gasteiger partial charge in [0.05, 0.1) is 5.69 Å². The molecule has 1 aliphatic heterocycles.